The largest absolute Gasteiger partial charge is 0.480 e. The summed E-state index contributed by atoms with van der Waals surface area (Å²) in [6.45, 7) is 3.45. The molecule has 0 radical (unpaired) electrons. The summed E-state index contributed by atoms with van der Waals surface area (Å²) in [7, 11) is 0. The molecule has 78 valence electrons. The second-order valence-corrected chi connectivity index (χ2v) is 3.63. The summed E-state index contributed by atoms with van der Waals surface area (Å²) in [4.78, 5) is 21.9. The van der Waals surface area contributed by atoms with Crippen molar-refractivity contribution in [1.82, 2.24) is 5.32 Å². The Labute approximate surface area is 83.0 Å². The minimum absolute atomic E-state index is 0.165. The number of hydrogen-bond acceptors (Lipinski definition) is 2. The predicted octanol–water partition coefficient (Wildman–Crippen LogP) is 0.932. The van der Waals surface area contributed by atoms with Crippen LogP contribution in [0.2, 0.25) is 0 Å². The van der Waals surface area contributed by atoms with Gasteiger partial charge in [-0.3, -0.25) is 4.79 Å². The number of carboxylic acids is 1. The molecule has 1 aliphatic carbocycles. The zero-order chi connectivity index (χ0) is 10.6. The van der Waals surface area contributed by atoms with E-state index < -0.39 is 12.0 Å². The van der Waals surface area contributed by atoms with Crippen molar-refractivity contribution in [3.05, 3.63) is 12.7 Å². The average molecular weight is 197 g/mol. The van der Waals surface area contributed by atoms with Crippen molar-refractivity contribution in [2.45, 2.75) is 31.7 Å². The molecule has 1 amide bonds. The Morgan fingerprint density at radius 3 is 2.64 bits per heavy atom. The normalized spacial score (nSPS) is 17.1. The van der Waals surface area contributed by atoms with Crippen molar-refractivity contribution >= 4 is 11.9 Å². The van der Waals surface area contributed by atoms with Crippen molar-refractivity contribution in [3.63, 3.8) is 0 Å². The molecule has 1 aliphatic rings. The first-order valence-electron chi connectivity index (χ1n) is 4.76. The van der Waals surface area contributed by atoms with E-state index in [0.717, 1.165) is 12.8 Å². The van der Waals surface area contributed by atoms with Crippen molar-refractivity contribution in [3.8, 4) is 0 Å². The van der Waals surface area contributed by atoms with Crippen LogP contribution in [0.15, 0.2) is 12.7 Å². The van der Waals surface area contributed by atoms with Crippen LogP contribution < -0.4 is 5.32 Å². The fraction of sp³-hybridized carbons (Fsp3) is 0.600. The van der Waals surface area contributed by atoms with Crippen molar-refractivity contribution in [2.75, 3.05) is 0 Å². The van der Waals surface area contributed by atoms with Crippen LogP contribution in [0.1, 0.15) is 25.7 Å². The third-order valence-electron chi connectivity index (χ3n) is 2.21. The molecule has 1 rings (SSSR count). The number of carboxylic acid groups (broad SMARTS) is 1. The molecule has 4 heteroatoms. The highest BCUT2D eigenvalue weighted by molar-refractivity contribution is 5.83. The van der Waals surface area contributed by atoms with Crippen LogP contribution in [0.3, 0.4) is 0 Å². The summed E-state index contributed by atoms with van der Waals surface area (Å²) in [5.74, 6) is -0.691. The molecular formula is C10H15NO3. The highest BCUT2D eigenvalue weighted by Gasteiger charge is 2.26. The van der Waals surface area contributed by atoms with Crippen LogP contribution in [-0.4, -0.2) is 23.0 Å². The smallest absolute Gasteiger partial charge is 0.326 e. The van der Waals surface area contributed by atoms with Crippen LogP contribution >= 0.6 is 0 Å². The number of hydrogen-bond donors (Lipinski definition) is 2. The first kappa shape index (κ1) is 10.8. The Morgan fingerprint density at radius 1 is 1.57 bits per heavy atom. The number of amides is 1. The summed E-state index contributed by atoms with van der Waals surface area (Å²) in [5, 5.41) is 11.2. The zero-order valence-electron chi connectivity index (χ0n) is 8.03. The fourth-order valence-electron chi connectivity index (χ4n) is 1.23. The number of carbonyl (C=O) groups is 2. The minimum atomic E-state index is -1.01. The van der Waals surface area contributed by atoms with E-state index in [1.807, 2.05) is 0 Å². The topological polar surface area (TPSA) is 66.4 Å². The van der Waals surface area contributed by atoms with E-state index in [1.165, 1.54) is 6.08 Å². The molecular weight excluding hydrogens is 182 g/mol. The van der Waals surface area contributed by atoms with E-state index in [9.17, 15) is 9.59 Å². The SMILES string of the molecule is C=CCC(NC(=O)CC1CC1)C(=O)O. The van der Waals surface area contributed by atoms with Gasteiger partial charge in [0.1, 0.15) is 6.04 Å². The van der Waals surface area contributed by atoms with E-state index in [0.29, 0.717) is 12.3 Å². The summed E-state index contributed by atoms with van der Waals surface area (Å²) >= 11 is 0. The molecule has 0 heterocycles. The number of carbonyl (C=O) groups excluding carboxylic acids is 1. The summed E-state index contributed by atoms with van der Waals surface area (Å²) in [5.41, 5.74) is 0. The highest BCUT2D eigenvalue weighted by atomic mass is 16.4. The molecule has 1 saturated carbocycles. The van der Waals surface area contributed by atoms with E-state index in [4.69, 9.17) is 5.11 Å². The fourth-order valence-corrected chi connectivity index (χ4v) is 1.23. The lowest BCUT2D eigenvalue weighted by Crippen LogP contribution is -2.40. The maximum absolute atomic E-state index is 11.3. The lowest BCUT2D eigenvalue weighted by molar-refractivity contribution is -0.141. The molecule has 0 bridgehead atoms. The molecule has 0 saturated heterocycles. The molecule has 4 nitrogen and oxygen atoms in total. The van der Waals surface area contributed by atoms with E-state index in [2.05, 4.69) is 11.9 Å². The second-order valence-electron chi connectivity index (χ2n) is 3.63. The molecule has 0 aliphatic heterocycles. The molecule has 0 aromatic heterocycles. The molecule has 0 aromatic rings. The Kier molecular flexibility index (Phi) is 3.68. The van der Waals surface area contributed by atoms with Crippen LogP contribution in [0.25, 0.3) is 0 Å². The van der Waals surface area contributed by atoms with E-state index in [1.54, 1.807) is 0 Å². The van der Waals surface area contributed by atoms with Gasteiger partial charge in [-0.05, 0) is 25.2 Å². The Balaban J connectivity index is 2.32. The Bertz CT molecular complexity index is 246. The van der Waals surface area contributed by atoms with Gasteiger partial charge in [0.05, 0.1) is 0 Å². The predicted molar refractivity (Wildman–Crippen MR) is 51.7 cm³/mol. The average Bonchev–Trinajstić information content (AvgIpc) is 2.87. The second kappa shape index (κ2) is 4.79. The molecule has 1 unspecified atom stereocenters. The summed E-state index contributed by atoms with van der Waals surface area (Å²) in [6, 6.07) is -0.821. The van der Waals surface area contributed by atoms with Gasteiger partial charge in [0, 0.05) is 6.42 Å². The molecule has 0 aromatic carbocycles. The quantitative estimate of drug-likeness (QED) is 0.622. The zero-order valence-corrected chi connectivity index (χ0v) is 8.03. The highest BCUT2D eigenvalue weighted by Crippen LogP contribution is 2.32. The van der Waals surface area contributed by atoms with Gasteiger partial charge < -0.3 is 10.4 Å². The number of nitrogens with one attached hydrogen (secondary N) is 1. The third-order valence-corrected chi connectivity index (χ3v) is 2.21. The Hall–Kier alpha value is -1.32. The van der Waals surface area contributed by atoms with E-state index >= 15 is 0 Å². The molecule has 14 heavy (non-hydrogen) atoms. The van der Waals surface area contributed by atoms with Crippen LogP contribution in [-0.2, 0) is 9.59 Å². The van der Waals surface area contributed by atoms with Gasteiger partial charge in [0.25, 0.3) is 0 Å². The van der Waals surface area contributed by atoms with Crippen LogP contribution in [0.4, 0.5) is 0 Å². The third kappa shape index (κ3) is 3.60. The van der Waals surface area contributed by atoms with Gasteiger partial charge in [-0.2, -0.15) is 0 Å². The Morgan fingerprint density at radius 2 is 2.21 bits per heavy atom. The number of aliphatic carboxylic acids is 1. The first-order chi connectivity index (χ1) is 6.63. The molecule has 1 fully saturated rings. The van der Waals surface area contributed by atoms with Crippen molar-refractivity contribution < 1.29 is 14.7 Å². The monoisotopic (exact) mass is 197 g/mol. The standard InChI is InChI=1S/C10H15NO3/c1-2-3-8(10(13)14)11-9(12)6-7-4-5-7/h2,7-8H,1,3-6H2,(H,11,12)(H,13,14). The maximum Gasteiger partial charge on any atom is 0.326 e. The summed E-state index contributed by atoms with van der Waals surface area (Å²) < 4.78 is 0. The molecule has 1 atom stereocenters. The maximum atomic E-state index is 11.3. The summed E-state index contributed by atoms with van der Waals surface area (Å²) in [6.07, 6.45) is 4.40. The van der Waals surface area contributed by atoms with Gasteiger partial charge in [0.2, 0.25) is 5.91 Å². The van der Waals surface area contributed by atoms with Crippen molar-refractivity contribution in [1.29, 1.82) is 0 Å². The van der Waals surface area contributed by atoms with Crippen LogP contribution in [0, 0.1) is 5.92 Å². The van der Waals surface area contributed by atoms with Crippen molar-refractivity contribution in [2.24, 2.45) is 5.92 Å². The van der Waals surface area contributed by atoms with E-state index in [-0.39, 0.29) is 12.3 Å². The first-order valence-corrected chi connectivity index (χ1v) is 4.76. The lowest BCUT2D eigenvalue weighted by atomic mass is 10.2. The lowest BCUT2D eigenvalue weighted by Gasteiger charge is -2.11. The van der Waals surface area contributed by atoms with Gasteiger partial charge >= 0.3 is 5.97 Å². The van der Waals surface area contributed by atoms with Gasteiger partial charge in [0.15, 0.2) is 0 Å². The van der Waals surface area contributed by atoms with Gasteiger partial charge in [-0.15, -0.1) is 6.58 Å². The molecule has 2 N–H and O–H groups in total. The molecule has 0 spiro atoms. The number of rotatable bonds is 6. The van der Waals surface area contributed by atoms with Gasteiger partial charge in [-0.1, -0.05) is 6.08 Å². The van der Waals surface area contributed by atoms with Crippen LogP contribution in [0.5, 0.6) is 0 Å². The minimum Gasteiger partial charge on any atom is -0.480 e. The van der Waals surface area contributed by atoms with Gasteiger partial charge in [-0.25, -0.2) is 4.79 Å².